The SMILES string of the molecule is CN(CCO)Cc1noc(-c2ccc(Cl)cc2)n1. The first kappa shape index (κ1) is 13.0. The Kier molecular flexibility index (Phi) is 4.30. The summed E-state index contributed by atoms with van der Waals surface area (Å²) in [6.45, 7) is 1.22. The van der Waals surface area contributed by atoms with Gasteiger partial charge >= 0.3 is 0 Å². The van der Waals surface area contributed by atoms with Crippen molar-refractivity contribution in [3.63, 3.8) is 0 Å². The number of aliphatic hydroxyl groups excluding tert-OH is 1. The maximum Gasteiger partial charge on any atom is 0.257 e. The first-order valence-electron chi connectivity index (χ1n) is 5.57. The van der Waals surface area contributed by atoms with E-state index in [1.165, 1.54) is 0 Å². The lowest BCUT2D eigenvalue weighted by molar-refractivity contribution is 0.213. The summed E-state index contributed by atoms with van der Waals surface area (Å²) in [5.41, 5.74) is 0.836. The molecule has 6 heteroatoms. The van der Waals surface area contributed by atoms with Gasteiger partial charge in [0.25, 0.3) is 5.89 Å². The Hall–Kier alpha value is -1.43. The molecule has 5 nitrogen and oxygen atoms in total. The largest absolute Gasteiger partial charge is 0.395 e. The lowest BCUT2D eigenvalue weighted by Crippen LogP contribution is -2.22. The summed E-state index contributed by atoms with van der Waals surface area (Å²) >= 11 is 5.81. The number of nitrogens with zero attached hydrogens (tertiary/aromatic N) is 3. The second kappa shape index (κ2) is 5.95. The van der Waals surface area contributed by atoms with E-state index in [1.54, 1.807) is 12.1 Å². The Morgan fingerprint density at radius 1 is 1.33 bits per heavy atom. The lowest BCUT2D eigenvalue weighted by atomic mass is 10.2. The maximum atomic E-state index is 8.81. The van der Waals surface area contributed by atoms with Crippen molar-refractivity contribution in [2.24, 2.45) is 0 Å². The summed E-state index contributed by atoms with van der Waals surface area (Å²) in [6.07, 6.45) is 0. The molecule has 18 heavy (non-hydrogen) atoms. The zero-order chi connectivity index (χ0) is 13.0. The first-order chi connectivity index (χ1) is 8.69. The van der Waals surface area contributed by atoms with Gasteiger partial charge in [0.15, 0.2) is 5.82 Å². The third-order valence-corrected chi connectivity index (χ3v) is 2.70. The Balaban J connectivity index is 2.08. The molecule has 0 saturated heterocycles. The molecule has 1 heterocycles. The fourth-order valence-corrected chi connectivity index (χ4v) is 1.65. The van der Waals surface area contributed by atoms with Crippen LogP contribution in [0.1, 0.15) is 5.82 Å². The van der Waals surface area contributed by atoms with Gasteiger partial charge in [0.1, 0.15) is 0 Å². The van der Waals surface area contributed by atoms with Crippen LogP contribution in [0.15, 0.2) is 28.8 Å². The molecule has 1 N–H and O–H groups in total. The average Bonchev–Trinajstić information content (AvgIpc) is 2.78. The number of rotatable bonds is 5. The highest BCUT2D eigenvalue weighted by Gasteiger charge is 2.10. The van der Waals surface area contributed by atoms with E-state index in [9.17, 15) is 0 Å². The first-order valence-corrected chi connectivity index (χ1v) is 5.95. The normalized spacial score (nSPS) is 11.1. The summed E-state index contributed by atoms with van der Waals surface area (Å²) < 4.78 is 5.18. The third-order valence-electron chi connectivity index (χ3n) is 2.45. The van der Waals surface area contributed by atoms with Crippen LogP contribution in [-0.4, -0.2) is 40.3 Å². The predicted octanol–water partition coefficient (Wildman–Crippen LogP) is 1.81. The van der Waals surface area contributed by atoms with Crippen molar-refractivity contribution in [3.05, 3.63) is 35.1 Å². The van der Waals surface area contributed by atoms with E-state index in [4.69, 9.17) is 21.2 Å². The molecular formula is C12H14ClN3O2. The molecule has 0 radical (unpaired) electrons. The van der Waals surface area contributed by atoms with Crippen LogP contribution >= 0.6 is 11.6 Å². The molecule has 0 aliphatic rings. The Bertz CT molecular complexity index is 498. The van der Waals surface area contributed by atoms with E-state index < -0.39 is 0 Å². The number of aliphatic hydroxyl groups is 1. The number of hydrogen-bond donors (Lipinski definition) is 1. The molecule has 2 aromatic rings. The summed E-state index contributed by atoms with van der Waals surface area (Å²) in [6, 6.07) is 7.21. The van der Waals surface area contributed by atoms with Crippen molar-refractivity contribution >= 4 is 11.6 Å². The minimum Gasteiger partial charge on any atom is -0.395 e. The van der Waals surface area contributed by atoms with Crippen molar-refractivity contribution in [1.29, 1.82) is 0 Å². The van der Waals surface area contributed by atoms with Gasteiger partial charge in [-0.2, -0.15) is 4.98 Å². The van der Waals surface area contributed by atoms with Gasteiger partial charge in [-0.1, -0.05) is 16.8 Å². The highest BCUT2D eigenvalue weighted by atomic mass is 35.5. The summed E-state index contributed by atoms with van der Waals surface area (Å²) in [7, 11) is 1.88. The molecule has 96 valence electrons. The van der Waals surface area contributed by atoms with Crippen LogP contribution in [0.3, 0.4) is 0 Å². The van der Waals surface area contributed by atoms with Gasteiger partial charge in [-0.05, 0) is 31.3 Å². The molecule has 0 atom stereocenters. The van der Waals surface area contributed by atoms with Crippen LogP contribution in [0, 0.1) is 0 Å². The van der Waals surface area contributed by atoms with Gasteiger partial charge in [0.2, 0.25) is 0 Å². The van der Waals surface area contributed by atoms with Gasteiger partial charge in [-0.25, -0.2) is 0 Å². The highest BCUT2D eigenvalue weighted by molar-refractivity contribution is 6.30. The number of halogens is 1. The zero-order valence-electron chi connectivity index (χ0n) is 10.0. The van der Waals surface area contributed by atoms with Crippen molar-refractivity contribution < 1.29 is 9.63 Å². The van der Waals surface area contributed by atoms with Gasteiger partial charge in [0.05, 0.1) is 13.2 Å². The van der Waals surface area contributed by atoms with Crippen molar-refractivity contribution in [2.45, 2.75) is 6.54 Å². The van der Waals surface area contributed by atoms with Crippen molar-refractivity contribution in [1.82, 2.24) is 15.0 Å². The summed E-state index contributed by atoms with van der Waals surface area (Å²) in [5.74, 6) is 1.06. The molecule has 2 rings (SSSR count). The smallest absolute Gasteiger partial charge is 0.257 e. The van der Waals surface area contributed by atoms with E-state index in [1.807, 2.05) is 24.1 Å². The lowest BCUT2D eigenvalue weighted by Gasteiger charge is -2.11. The van der Waals surface area contributed by atoms with Crippen LogP contribution in [0.2, 0.25) is 5.02 Å². The molecule has 0 unspecified atom stereocenters. The molecule has 1 aromatic carbocycles. The number of hydrogen-bond acceptors (Lipinski definition) is 5. The number of likely N-dealkylation sites (N-methyl/N-ethyl adjacent to an activating group) is 1. The van der Waals surface area contributed by atoms with Crippen LogP contribution in [0.5, 0.6) is 0 Å². The van der Waals surface area contributed by atoms with Crippen LogP contribution in [-0.2, 0) is 6.54 Å². The van der Waals surface area contributed by atoms with E-state index in [-0.39, 0.29) is 6.61 Å². The zero-order valence-corrected chi connectivity index (χ0v) is 10.8. The third kappa shape index (κ3) is 3.29. The van der Waals surface area contributed by atoms with E-state index in [2.05, 4.69) is 10.1 Å². The maximum absolute atomic E-state index is 8.81. The Morgan fingerprint density at radius 3 is 2.72 bits per heavy atom. The summed E-state index contributed by atoms with van der Waals surface area (Å²) in [5, 5.41) is 13.4. The molecule has 0 spiro atoms. The van der Waals surface area contributed by atoms with Gasteiger partial charge in [-0.3, -0.25) is 4.90 Å². The van der Waals surface area contributed by atoms with Gasteiger partial charge in [-0.15, -0.1) is 0 Å². The second-order valence-electron chi connectivity index (χ2n) is 3.98. The summed E-state index contributed by atoms with van der Waals surface area (Å²) in [4.78, 5) is 6.20. The number of benzene rings is 1. The standard InChI is InChI=1S/C12H14ClN3O2/c1-16(6-7-17)8-11-14-12(18-15-11)9-2-4-10(13)5-3-9/h2-5,17H,6-8H2,1H3. The van der Waals surface area contributed by atoms with Crippen LogP contribution in [0.4, 0.5) is 0 Å². The monoisotopic (exact) mass is 267 g/mol. The molecule has 0 aliphatic heterocycles. The Morgan fingerprint density at radius 2 is 2.06 bits per heavy atom. The van der Waals surface area contributed by atoms with Gasteiger partial charge in [0, 0.05) is 17.1 Å². The van der Waals surface area contributed by atoms with E-state index >= 15 is 0 Å². The minimum absolute atomic E-state index is 0.110. The van der Waals surface area contributed by atoms with Crippen LogP contribution < -0.4 is 0 Å². The molecular weight excluding hydrogens is 254 g/mol. The topological polar surface area (TPSA) is 62.4 Å². The predicted molar refractivity (Wildman–Crippen MR) is 68.2 cm³/mol. The van der Waals surface area contributed by atoms with Crippen molar-refractivity contribution in [3.8, 4) is 11.5 Å². The minimum atomic E-state index is 0.110. The highest BCUT2D eigenvalue weighted by Crippen LogP contribution is 2.19. The second-order valence-corrected chi connectivity index (χ2v) is 4.42. The molecule has 0 fully saturated rings. The fraction of sp³-hybridized carbons (Fsp3) is 0.333. The molecule has 0 saturated carbocycles. The molecule has 1 aromatic heterocycles. The number of aromatic nitrogens is 2. The van der Waals surface area contributed by atoms with Crippen LogP contribution in [0.25, 0.3) is 11.5 Å². The molecule has 0 bridgehead atoms. The quantitative estimate of drug-likeness (QED) is 0.895. The van der Waals surface area contributed by atoms with Gasteiger partial charge < -0.3 is 9.63 Å². The average molecular weight is 268 g/mol. The van der Waals surface area contributed by atoms with E-state index in [0.717, 1.165) is 5.56 Å². The molecule has 0 aliphatic carbocycles. The van der Waals surface area contributed by atoms with Crippen molar-refractivity contribution in [2.75, 3.05) is 20.2 Å². The molecule has 0 amide bonds. The van der Waals surface area contributed by atoms with E-state index in [0.29, 0.717) is 29.8 Å². The Labute approximate surface area is 110 Å². The fourth-order valence-electron chi connectivity index (χ4n) is 1.52.